The first-order valence-electron chi connectivity index (χ1n) is 4.97. The standard InChI is InChI=1S/C9H12N4O3/c14-8(15)7-2-1-3-13(7)9(16)12-6-4-10-11-5-6/h4-5,7H,1-3H2,(H,10,11)(H,12,16)(H,14,15)/t7-/m1/s1. The van der Waals surface area contributed by atoms with Crippen LogP contribution in [0, 0.1) is 0 Å². The van der Waals surface area contributed by atoms with Gasteiger partial charge in [-0.25, -0.2) is 9.59 Å². The van der Waals surface area contributed by atoms with E-state index < -0.39 is 18.0 Å². The van der Waals surface area contributed by atoms with Crippen LogP contribution in [0.4, 0.5) is 10.5 Å². The molecule has 0 aromatic carbocycles. The smallest absolute Gasteiger partial charge is 0.326 e. The second-order valence-corrected chi connectivity index (χ2v) is 3.61. The molecule has 1 saturated heterocycles. The Morgan fingerprint density at radius 3 is 3.06 bits per heavy atom. The average Bonchev–Trinajstić information content (AvgIpc) is 2.86. The fourth-order valence-electron chi connectivity index (χ4n) is 1.78. The molecular weight excluding hydrogens is 212 g/mol. The van der Waals surface area contributed by atoms with Gasteiger partial charge in [0.05, 0.1) is 11.9 Å². The van der Waals surface area contributed by atoms with E-state index in [1.807, 2.05) is 0 Å². The Hall–Kier alpha value is -2.05. The van der Waals surface area contributed by atoms with Gasteiger partial charge in [-0.05, 0) is 12.8 Å². The van der Waals surface area contributed by atoms with E-state index in [4.69, 9.17) is 5.11 Å². The predicted molar refractivity (Wildman–Crippen MR) is 55.0 cm³/mol. The number of aliphatic carboxylic acids is 1. The lowest BCUT2D eigenvalue weighted by molar-refractivity contribution is -0.141. The summed E-state index contributed by atoms with van der Waals surface area (Å²) in [5.74, 6) is -0.958. The minimum Gasteiger partial charge on any atom is -0.480 e. The molecule has 0 aliphatic carbocycles. The predicted octanol–water partition coefficient (Wildman–Crippen LogP) is 0.491. The number of carbonyl (C=O) groups excluding carboxylic acids is 1. The lowest BCUT2D eigenvalue weighted by Gasteiger charge is -2.21. The van der Waals surface area contributed by atoms with E-state index in [1.54, 1.807) is 0 Å². The largest absolute Gasteiger partial charge is 0.480 e. The van der Waals surface area contributed by atoms with E-state index in [-0.39, 0.29) is 0 Å². The monoisotopic (exact) mass is 224 g/mol. The van der Waals surface area contributed by atoms with Crippen molar-refractivity contribution in [2.45, 2.75) is 18.9 Å². The number of aromatic nitrogens is 2. The van der Waals surface area contributed by atoms with E-state index in [1.165, 1.54) is 17.3 Å². The molecule has 1 fully saturated rings. The van der Waals surface area contributed by atoms with Crippen LogP contribution in [0.25, 0.3) is 0 Å². The molecule has 0 unspecified atom stereocenters. The second-order valence-electron chi connectivity index (χ2n) is 3.61. The maximum Gasteiger partial charge on any atom is 0.326 e. The number of carbonyl (C=O) groups is 2. The van der Waals surface area contributed by atoms with Gasteiger partial charge in [0.2, 0.25) is 0 Å². The molecule has 0 radical (unpaired) electrons. The van der Waals surface area contributed by atoms with Crippen LogP contribution in [0.1, 0.15) is 12.8 Å². The molecule has 1 atom stereocenters. The average molecular weight is 224 g/mol. The molecule has 7 heteroatoms. The number of hydrogen-bond acceptors (Lipinski definition) is 3. The molecule has 2 heterocycles. The van der Waals surface area contributed by atoms with Gasteiger partial charge >= 0.3 is 12.0 Å². The molecule has 2 amide bonds. The zero-order valence-electron chi connectivity index (χ0n) is 8.51. The number of carboxylic acid groups (broad SMARTS) is 1. The van der Waals surface area contributed by atoms with Crippen molar-refractivity contribution in [1.82, 2.24) is 15.1 Å². The van der Waals surface area contributed by atoms with Crippen LogP contribution in [-0.4, -0.2) is 44.8 Å². The summed E-state index contributed by atoms with van der Waals surface area (Å²) in [4.78, 5) is 23.9. The SMILES string of the molecule is O=C(O)[C@H]1CCCN1C(=O)Nc1cn[nH]c1. The Morgan fingerprint density at radius 2 is 2.44 bits per heavy atom. The van der Waals surface area contributed by atoms with Crippen molar-refractivity contribution in [1.29, 1.82) is 0 Å². The molecule has 1 aliphatic heterocycles. The van der Waals surface area contributed by atoms with Gasteiger partial charge in [-0.2, -0.15) is 5.10 Å². The Labute approximate surface area is 91.4 Å². The lowest BCUT2D eigenvalue weighted by Crippen LogP contribution is -2.42. The van der Waals surface area contributed by atoms with Crippen molar-refractivity contribution in [3.63, 3.8) is 0 Å². The number of urea groups is 1. The Kier molecular flexibility index (Phi) is 2.76. The summed E-state index contributed by atoms with van der Waals surface area (Å²) < 4.78 is 0. The number of aromatic amines is 1. The van der Waals surface area contributed by atoms with Crippen molar-refractivity contribution in [3.8, 4) is 0 Å². The number of hydrogen-bond donors (Lipinski definition) is 3. The number of likely N-dealkylation sites (tertiary alicyclic amines) is 1. The highest BCUT2D eigenvalue weighted by Gasteiger charge is 2.33. The van der Waals surface area contributed by atoms with Gasteiger partial charge in [-0.3, -0.25) is 5.10 Å². The summed E-state index contributed by atoms with van der Waals surface area (Å²) in [5, 5.41) is 17.7. The van der Waals surface area contributed by atoms with Crippen LogP contribution in [-0.2, 0) is 4.79 Å². The normalized spacial score (nSPS) is 19.8. The van der Waals surface area contributed by atoms with Crippen LogP contribution in [0.5, 0.6) is 0 Å². The first-order chi connectivity index (χ1) is 7.68. The molecule has 0 spiro atoms. The summed E-state index contributed by atoms with van der Waals surface area (Å²) in [7, 11) is 0. The van der Waals surface area contributed by atoms with Gasteiger partial charge in [0.15, 0.2) is 0 Å². The van der Waals surface area contributed by atoms with Crippen molar-refractivity contribution >= 4 is 17.7 Å². The van der Waals surface area contributed by atoms with Crippen LogP contribution < -0.4 is 5.32 Å². The number of amides is 2. The minimum atomic E-state index is -0.958. The quantitative estimate of drug-likeness (QED) is 0.680. The highest BCUT2D eigenvalue weighted by molar-refractivity contribution is 5.92. The maximum atomic E-state index is 11.7. The fourth-order valence-corrected chi connectivity index (χ4v) is 1.78. The summed E-state index contributed by atoms with van der Waals surface area (Å²) in [5.41, 5.74) is 0.529. The van der Waals surface area contributed by atoms with Crippen molar-refractivity contribution in [2.75, 3.05) is 11.9 Å². The maximum absolute atomic E-state index is 11.7. The van der Waals surface area contributed by atoms with Crippen LogP contribution >= 0.6 is 0 Å². The highest BCUT2D eigenvalue weighted by atomic mass is 16.4. The highest BCUT2D eigenvalue weighted by Crippen LogP contribution is 2.18. The summed E-state index contributed by atoms with van der Waals surface area (Å²) >= 11 is 0. The van der Waals surface area contributed by atoms with Crippen molar-refractivity contribution < 1.29 is 14.7 Å². The van der Waals surface area contributed by atoms with E-state index >= 15 is 0 Å². The zero-order valence-corrected chi connectivity index (χ0v) is 8.51. The zero-order chi connectivity index (χ0) is 11.5. The number of carboxylic acids is 1. The molecule has 1 aliphatic rings. The molecule has 0 bridgehead atoms. The molecule has 0 saturated carbocycles. The van der Waals surface area contributed by atoms with Crippen LogP contribution in [0.15, 0.2) is 12.4 Å². The minimum absolute atomic E-state index is 0.397. The molecule has 86 valence electrons. The third kappa shape index (κ3) is 1.97. The van der Waals surface area contributed by atoms with E-state index in [9.17, 15) is 9.59 Å². The van der Waals surface area contributed by atoms with Crippen molar-refractivity contribution in [2.24, 2.45) is 0 Å². The lowest BCUT2D eigenvalue weighted by atomic mass is 10.2. The third-order valence-electron chi connectivity index (χ3n) is 2.55. The first kappa shape index (κ1) is 10.5. The Balaban J connectivity index is 2.01. The van der Waals surface area contributed by atoms with Crippen LogP contribution in [0.2, 0.25) is 0 Å². The van der Waals surface area contributed by atoms with Gasteiger partial charge in [-0.15, -0.1) is 0 Å². The molecule has 16 heavy (non-hydrogen) atoms. The fraction of sp³-hybridized carbons (Fsp3) is 0.444. The molecule has 1 aromatic heterocycles. The summed E-state index contributed by atoms with van der Waals surface area (Å²) in [6, 6.07) is -1.11. The number of nitrogens with one attached hydrogen (secondary N) is 2. The number of anilines is 1. The van der Waals surface area contributed by atoms with Crippen molar-refractivity contribution in [3.05, 3.63) is 12.4 Å². The first-order valence-corrected chi connectivity index (χ1v) is 4.97. The van der Waals surface area contributed by atoms with Gasteiger partial charge in [-0.1, -0.05) is 0 Å². The van der Waals surface area contributed by atoms with Gasteiger partial charge in [0.1, 0.15) is 6.04 Å². The van der Waals surface area contributed by atoms with E-state index in [2.05, 4.69) is 15.5 Å². The van der Waals surface area contributed by atoms with E-state index in [0.717, 1.165) is 6.42 Å². The molecule has 7 nitrogen and oxygen atoms in total. The summed E-state index contributed by atoms with van der Waals surface area (Å²) in [6.07, 6.45) is 4.22. The van der Waals surface area contributed by atoms with E-state index in [0.29, 0.717) is 18.7 Å². The van der Waals surface area contributed by atoms with Gasteiger partial charge in [0, 0.05) is 12.7 Å². The number of H-pyrrole nitrogens is 1. The van der Waals surface area contributed by atoms with Crippen LogP contribution in [0.3, 0.4) is 0 Å². The topological polar surface area (TPSA) is 98.3 Å². The van der Waals surface area contributed by atoms with Gasteiger partial charge in [0.25, 0.3) is 0 Å². The van der Waals surface area contributed by atoms with Gasteiger partial charge < -0.3 is 15.3 Å². The number of nitrogens with zero attached hydrogens (tertiary/aromatic N) is 2. The summed E-state index contributed by atoms with van der Waals surface area (Å²) in [6.45, 7) is 0.473. The molecule has 1 aromatic rings. The third-order valence-corrected chi connectivity index (χ3v) is 2.55. The molecular formula is C9H12N4O3. The molecule has 3 N–H and O–H groups in total. The molecule has 2 rings (SSSR count). The Morgan fingerprint density at radius 1 is 1.62 bits per heavy atom. The Bertz CT molecular complexity index is 389. The number of rotatable bonds is 2. The second kappa shape index (κ2) is 4.21.